The number of nitrogens with zero attached hydrogens (tertiary/aromatic N) is 2. The summed E-state index contributed by atoms with van der Waals surface area (Å²) in [7, 11) is 0. The molecule has 0 radical (unpaired) electrons. The van der Waals surface area contributed by atoms with E-state index < -0.39 is 0 Å². The fourth-order valence-corrected chi connectivity index (χ4v) is 8.46. The SMILES string of the molecule is c1ccc(-c2cccc(-c3cc(-c4ccc5c(ccc6ccccc65)c4)cc(-c4nc(-c5ccccc5)c5sc6ccccc6c5n4)c3)c2)cc1. The zero-order valence-corrected chi connectivity index (χ0v) is 28.4. The van der Waals surface area contributed by atoms with E-state index in [0.29, 0.717) is 0 Å². The van der Waals surface area contributed by atoms with Crippen LogP contribution in [-0.4, -0.2) is 9.97 Å². The molecule has 0 N–H and O–H groups in total. The number of fused-ring (bicyclic) bond motifs is 6. The Morgan fingerprint density at radius 3 is 1.71 bits per heavy atom. The lowest BCUT2D eigenvalue weighted by Crippen LogP contribution is -1.95. The number of aromatic nitrogens is 2. The maximum atomic E-state index is 5.35. The van der Waals surface area contributed by atoms with Crippen molar-refractivity contribution in [2.24, 2.45) is 0 Å². The quantitative estimate of drug-likeness (QED) is 0.171. The molecule has 0 aliphatic carbocycles. The summed E-state index contributed by atoms with van der Waals surface area (Å²) >= 11 is 1.76. The van der Waals surface area contributed by atoms with Crippen LogP contribution in [0.25, 0.3) is 97.9 Å². The van der Waals surface area contributed by atoms with Gasteiger partial charge in [-0.3, -0.25) is 0 Å². The van der Waals surface area contributed by atoms with E-state index >= 15 is 0 Å². The Kier molecular flexibility index (Phi) is 7.04. The lowest BCUT2D eigenvalue weighted by molar-refractivity contribution is 1.24. The Morgan fingerprint density at radius 1 is 0.333 bits per heavy atom. The average Bonchev–Trinajstić information content (AvgIpc) is 3.59. The van der Waals surface area contributed by atoms with E-state index in [1.54, 1.807) is 11.3 Å². The van der Waals surface area contributed by atoms with E-state index in [1.165, 1.54) is 37.4 Å². The van der Waals surface area contributed by atoms with Crippen molar-refractivity contribution in [3.63, 3.8) is 0 Å². The van der Waals surface area contributed by atoms with E-state index in [4.69, 9.17) is 9.97 Å². The fraction of sp³-hybridized carbons (Fsp3) is 0. The molecule has 0 saturated carbocycles. The molecule has 0 bridgehead atoms. The molecule has 2 aromatic heterocycles. The second-order valence-corrected chi connectivity index (χ2v) is 14.1. The number of thiophene rings is 1. The van der Waals surface area contributed by atoms with Crippen molar-refractivity contribution >= 4 is 53.2 Å². The first-order valence-corrected chi connectivity index (χ1v) is 18.0. The maximum absolute atomic E-state index is 5.35. The van der Waals surface area contributed by atoms with Gasteiger partial charge in [0.15, 0.2) is 5.82 Å². The van der Waals surface area contributed by atoms with Gasteiger partial charge in [-0.2, -0.15) is 0 Å². The highest BCUT2D eigenvalue weighted by Gasteiger charge is 2.18. The van der Waals surface area contributed by atoms with Gasteiger partial charge in [0.1, 0.15) is 0 Å². The van der Waals surface area contributed by atoms with Crippen molar-refractivity contribution in [2.75, 3.05) is 0 Å². The fourth-order valence-electron chi connectivity index (χ4n) is 7.30. The monoisotopic (exact) mass is 666 g/mol. The predicted molar refractivity (Wildman–Crippen MR) is 217 cm³/mol. The zero-order chi connectivity index (χ0) is 33.7. The molecule has 8 aromatic carbocycles. The number of benzene rings is 8. The summed E-state index contributed by atoms with van der Waals surface area (Å²) in [5.41, 5.74) is 11.0. The van der Waals surface area contributed by atoms with E-state index in [0.717, 1.165) is 60.5 Å². The number of hydrogen-bond donors (Lipinski definition) is 0. The Hall–Kier alpha value is -6.42. The third-order valence-electron chi connectivity index (χ3n) is 9.84. The lowest BCUT2D eigenvalue weighted by atomic mass is 9.92. The molecule has 10 rings (SSSR count). The molecule has 0 saturated heterocycles. The lowest BCUT2D eigenvalue weighted by Gasteiger charge is -2.14. The molecular formula is C48H30N2S. The molecular weight excluding hydrogens is 637 g/mol. The smallest absolute Gasteiger partial charge is 0.160 e. The Balaban J connectivity index is 1.21. The average molecular weight is 667 g/mol. The van der Waals surface area contributed by atoms with E-state index in [1.807, 2.05) is 0 Å². The van der Waals surface area contributed by atoms with Crippen LogP contribution in [0.15, 0.2) is 182 Å². The highest BCUT2D eigenvalue weighted by molar-refractivity contribution is 7.26. The minimum absolute atomic E-state index is 0.721. The van der Waals surface area contributed by atoms with Crippen LogP contribution in [0.1, 0.15) is 0 Å². The van der Waals surface area contributed by atoms with Gasteiger partial charge in [-0.05, 0) is 91.3 Å². The Bertz CT molecular complexity index is 2910. The minimum Gasteiger partial charge on any atom is -0.226 e. The van der Waals surface area contributed by atoms with Gasteiger partial charge < -0.3 is 0 Å². The molecule has 51 heavy (non-hydrogen) atoms. The van der Waals surface area contributed by atoms with Crippen LogP contribution in [0.5, 0.6) is 0 Å². The van der Waals surface area contributed by atoms with Crippen molar-refractivity contribution in [3.05, 3.63) is 182 Å². The third-order valence-corrected chi connectivity index (χ3v) is 11.0. The molecule has 0 aliphatic heterocycles. The van der Waals surface area contributed by atoms with Gasteiger partial charge in [0, 0.05) is 21.2 Å². The maximum Gasteiger partial charge on any atom is 0.160 e. The van der Waals surface area contributed by atoms with Crippen molar-refractivity contribution in [2.45, 2.75) is 0 Å². The van der Waals surface area contributed by atoms with Crippen LogP contribution < -0.4 is 0 Å². The number of hydrogen-bond acceptors (Lipinski definition) is 3. The topological polar surface area (TPSA) is 25.8 Å². The van der Waals surface area contributed by atoms with Crippen LogP contribution in [-0.2, 0) is 0 Å². The molecule has 0 unspecified atom stereocenters. The van der Waals surface area contributed by atoms with E-state index in [2.05, 4.69) is 182 Å². The summed E-state index contributed by atoms with van der Waals surface area (Å²) in [4.78, 5) is 10.7. The third kappa shape index (κ3) is 5.27. The molecule has 10 aromatic rings. The largest absolute Gasteiger partial charge is 0.226 e. The van der Waals surface area contributed by atoms with Crippen molar-refractivity contribution < 1.29 is 0 Å². The summed E-state index contributed by atoms with van der Waals surface area (Å²) in [6.45, 7) is 0. The Labute approximate surface area is 300 Å². The molecule has 3 heteroatoms. The standard InChI is InChI=1S/C48H30N2S/c1-3-12-31(13-4-1)34-17-11-18-35(26-34)38-28-39(36-24-25-42-37(27-36)23-22-32-14-7-8-19-41(32)42)30-40(29-38)48-49-45(33-15-5-2-6-16-33)47-46(50-48)43-20-9-10-21-44(43)51-47/h1-30H. The summed E-state index contributed by atoms with van der Waals surface area (Å²) in [5.74, 6) is 0.721. The molecule has 0 fully saturated rings. The molecule has 0 amide bonds. The zero-order valence-electron chi connectivity index (χ0n) is 27.6. The second kappa shape index (κ2) is 12.2. The highest BCUT2D eigenvalue weighted by Crippen LogP contribution is 2.41. The van der Waals surface area contributed by atoms with Crippen LogP contribution in [0.4, 0.5) is 0 Å². The van der Waals surface area contributed by atoms with Gasteiger partial charge in [-0.25, -0.2) is 9.97 Å². The van der Waals surface area contributed by atoms with Crippen molar-refractivity contribution in [1.29, 1.82) is 0 Å². The van der Waals surface area contributed by atoms with Gasteiger partial charge in [0.2, 0.25) is 0 Å². The summed E-state index contributed by atoms with van der Waals surface area (Å²) in [6.07, 6.45) is 0. The highest BCUT2D eigenvalue weighted by atomic mass is 32.1. The Morgan fingerprint density at radius 2 is 0.902 bits per heavy atom. The van der Waals surface area contributed by atoms with Crippen molar-refractivity contribution in [1.82, 2.24) is 9.97 Å². The molecule has 2 heterocycles. The number of rotatable bonds is 5. The van der Waals surface area contributed by atoms with E-state index in [9.17, 15) is 0 Å². The summed E-state index contributed by atoms with van der Waals surface area (Å²) in [6, 6.07) is 65.2. The first kappa shape index (κ1) is 29.5. The first-order chi connectivity index (χ1) is 25.2. The van der Waals surface area contributed by atoms with Gasteiger partial charge in [-0.1, -0.05) is 146 Å². The predicted octanol–water partition coefficient (Wildman–Crippen LogP) is 13.5. The minimum atomic E-state index is 0.721. The van der Waals surface area contributed by atoms with E-state index in [-0.39, 0.29) is 0 Å². The molecule has 0 atom stereocenters. The second-order valence-electron chi connectivity index (χ2n) is 13.0. The van der Waals surface area contributed by atoms with Crippen LogP contribution in [0.2, 0.25) is 0 Å². The van der Waals surface area contributed by atoms with Crippen molar-refractivity contribution in [3.8, 4) is 56.0 Å². The first-order valence-electron chi connectivity index (χ1n) is 17.2. The summed E-state index contributed by atoms with van der Waals surface area (Å²) in [5, 5.41) is 6.16. The van der Waals surface area contributed by atoms with Gasteiger partial charge in [0.25, 0.3) is 0 Å². The molecule has 0 aliphatic rings. The van der Waals surface area contributed by atoms with Gasteiger partial charge in [-0.15, -0.1) is 11.3 Å². The van der Waals surface area contributed by atoms with Crippen LogP contribution in [0, 0.1) is 0 Å². The van der Waals surface area contributed by atoms with Crippen LogP contribution in [0.3, 0.4) is 0 Å². The van der Waals surface area contributed by atoms with Gasteiger partial charge >= 0.3 is 0 Å². The molecule has 238 valence electrons. The normalized spacial score (nSPS) is 11.5. The van der Waals surface area contributed by atoms with Gasteiger partial charge in [0.05, 0.1) is 15.9 Å². The van der Waals surface area contributed by atoms with Crippen LogP contribution >= 0.6 is 11.3 Å². The molecule has 2 nitrogen and oxygen atoms in total. The molecule has 0 spiro atoms. The summed E-state index contributed by atoms with van der Waals surface area (Å²) < 4.78 is 2.33.